The van der Waals surface area contributed by atoms with Crippen molar-refractivity contribution in [1.29, 1.82) is 0 Å². The zero-order valence-corrected chi connectivity index (χ0v) is 9.76. The fraction of sp³-hybridized carbons (Fsp3) is 0.800. The van der Waals surface area contributed by atoms with E-state index in [0.717, 1.165) is 12.8 Å². The topological polar surface area (TPSA) is 99.1 Å². The largest absolute Gasteiger partial charge is 0.480 e. The Labute approximate surface area is 99.4 Å². The Kier molecular flexibility index (Phi) is 5.17. The van der Waals surface area contributed by atoms with Gasteiger partial charge < -0.3 is 25.2 Å². The zero-order valence-electron chi connectivity index (χ0n) is 9.76. The van der Waals surface area contributed by atoms with E-state index in [1.54, 1.807) is 0 Å². The zero-order chi connectivity index (χ0) is 12.8. The van der Waals surface area contributed by atoms with Gasteiger partial charge in [-0.3, -0.25) is 0 Å². The standard InChI is InChI=1S/C10H18N2O5/c1-17-6-8(9(14)15)11-10(16)12-4-2-3-7(12)5-13/h7-8,13H,2-6H2,1H3,(H,11,16)(H,14,15). The molecule has 1 rings (SSSR count). The molecule has 0 aromatic heterocycles. The number of carbonyl (C=O) groups is 2. The van der Waals surface area contributed by atoms with E-state index in [0.29, 0.717) is 6.54 Å². The van der Waals surface area contributed by atoms with Crippen LogP contribution in [0.2, 0.25) is 0 Å². The van der Waals surface area contributed by atoms with Crippen molar-refractivity contribution in [2.75, 3.05) is 26.9 Å². The molecule has 2 amide bonds. The minimum absolute atomic E-state index is 0.0846. The van der Waals surface area contributed by atoms with Crippen LogP contribution in [0.1, 0.15) is 12.8 Å². The highest BCUT2D eigenvalue weighted by Gasteiger charge is 2.30. The molecule has 98 valence electrons. The normalized spacial score (nSPS) is 21.3. The number of aliphatic hydroxyl groups is 1. The minimum Gasteiger partial charge on any atom is -0.480 e. The first kappa shape index (κ1) is 13.7. The molecule has 1 saturated heterocycles. The maximum atomic E-state index is 11.8. The smallest absolute Gasteiger partial charge is 0.328 e. The van der Waals surface area contributed by atoms with Crippen LogP contribution in [0.5, 0.6) is 0 Å². The number of amides is 2. The third kappa shape index (κ3) is 3.57. The molecular weight excluding hydrogens is 228 g/mol. The average Bonchev–Trinajstić information content (AvgIpc) is 2.76. The van der Waals surface area contributed by atoms with Crippen molar-refractivity contribution in [3.05, 3.63) is 0 Å². The van der Waals surface area contributed by atoms with Crippen LogP contribution in [-0.2, 0) is 9.53 Å². The Morgan fingerprint density at radius 3 is 2.82 bits per heavy atom. The number of rotatable bonds is 5. The van der Waals surface area contributed by atoms with Gasteiger partial charge in [-0.25, -0.2) is 9.59 Å². The number of carboxylic acid groups (broad SMARTS) is 1. The van der Waals surface area contributed by atoms with Gasteiger partial charge in [0.1, 0.15) is 0 Å². The van der Waals surface area contributed by atoms with Crippen LogP contribution in [0.15, 0.2) is 0 Å². The van der Waals surface area contributed by atoms with Crippen LogP contribution < -0.4 is 5.32 Å². The molecule has 1 fully saturated rings. The molecule has 0 aromatic rings. The summed E-state index contributed by atoms with van der Waals surface area (Å²) in [6.45, 7) is 0.352. The highest BCUT2D eigenvalue weighted by molar-refractivity contribution is 5.83. The van der Waals surface area contributed by atoms with Gasteiger partial charge in [-0.05, 0) is 12.8 Å². The lowest BCUT2D eigenvalue weighted by Gasteiger charge is -2.25. The average molecular weight is 246 g/mol. The number of likely N-dealkylation sites (tertiary alicyclic amines) is 1. The van der Waals surface area contributed by atoms with Crippen LogP contribution >= 0.6 is 0 Å². The number of aliphatic hydroxyl groups excluding tert-OH is 1. The molecule has 3 N–H and O–H groups in total. The number of hydrogen-bond acceptors (Lipinski definition) is 4. The lowest BCUT2D eigenvalue weighted by atomic mass is 10.2. The number of nitrogens with one attached hydrogen (secondary N) is 1. The highest BCUT2D eigenvalue weighted by Crippen LogP contribution is 2.16. The molecule has 7 nitrogen and oxygen atoms in total. The Morgan fingerprint density at radius 1 is 1.59 bits per heavy atom. The van der Waals surface area contributed by atoms with Gasteiger partial charge in [-0.15, -0.1) is 0 Å². The first-order valence-corrected chi connectivity index (χ1v) is 5.50. The summed E-state index contributed by atoms with van der Waals surface area (Å²) in [6, 6.07) is -1.74. The van der Waals surface area contributed by atoms with Crippen LogP contribution in [-0.4, -0.2) is 66.1 Å². The van der Waals surface area contributed by atoms with Gasteiger partial charge in [0.2, 0.25) is 0 Å². The number of aliphatic carboxylic acids is 1. The van der Waals surface area contributed by atoms with Gasteiger partial charge in [-0.2, -0.15) is 0 Å². The van der Waals surface area contributed by atoms with E-state index >= 15 is 0 Å². The first-order chi connectivity index (χ1) is 8.10. The summed E-state index contributed by atoms with van der Waals surface area (Å²) in [4.78, 5) is 24.1. The van der Waals surface area contributed by atoms with Gasteiger partial charge in [-0.1, -0.05) is 0 Å². The van der Waals surface area contributed by atoms with Crippen molar-refractivity contribution < 1.29 is 24.5 Å². The lowest BCUT2D eigenvalue weighted by Crippen LogP contribution is -2.51. The maximum Gasteiger partial charge on any atom is 0.328 e. The second-order valence-electron chi connectivity index (χ2n) is 3.97. The molecule has 0 radical (unpaired) electrons. The van der Waals surface area contributed by atoms with Gasteiger partial charge in [0.15, 0.2) is 6.04 Å². The molecule has 0 spiro atoms. The summed E-state index contributed by atoms with van der Waals surface area (Å²) in [6.07, 6.45) is 1.56. The summed E-state index contributed by atoms with van der Waals surface area (Å²) >= 11 is 0. The van der Waals surface area contributed by atoms with E-state index in [9.17, 15) is 9.59 Å². The molecule has 7 heteroatoms. The highest BCUT2D eigenvalue weighted by atomic mass is 16.5. The first-order valence-electron chi connectivity index (χ1n) is 5.50. The van der Waals surface area contributed by atoms with E-state index in [-0.39, 0.29) is 19.3 Å². The predicted octanol–water partition coefficient (Wildman–Crippen LogP) is -0.748. The van der Waals surface area contributed by atoms with Crippen LogP contribution in [0.25, 0.3) is 0 Å². The molecule has 0 saturated carbocycles. The number of nitrogens with zero attached hydrogens (tertiary/aromatic N) is 1. The van der Waals surface area contributed by atoms with Crippen molar-refractivity contribution in [3.8, 4) is 0 Å². The number of ether oxygens (including phenoxy) is 1. The fourth-order valence-electron chi connectivity index (χ4n) is 1.87. The van der Waals surface area contributed by atoms with E-state index in [4.69, 9.17) is 14.9 Å². The molecule has 1 aliphatic heterocycles. The van der Waals surface area contributed by atoms with Crippen LogP contribution in [0, 0.1) is 0 Å². The van der Waals surface area contributed by atoms with Crippen LogP contribution in [0.4, 0.5) is 4.79 Å². The van der Waals surface area contributed by atoms with Crippen molar-refractivity contribution in [2.45, 2.75) is 24.9 Å². The number of urea groups is 1. The monoisotopic (exact) mass is 246 g/mol. The van der Waals surface area contributed by atoms with Gasteiger partial charge in [0, 0.05) is 13.7 Å². The third-order valence-electron chi connectivity index (χ3n) is 2.78. The third-order valence-corrected chi connectivity index (χ3v) is 2.78. The molecule has 0 aliphatic carbocycles. The molecular formula is C10H18N2O5. The molecule has 1 aliphatic rings. The molecule has 1 heterocycles. The van der Waals surface area contributed by atoms with E-state index < -0.39 is 18.0 Å². The Balaban J connectivity index is 2.54. The van der Waals surface area contributed by atoms with Gasteiger partial charge in [0.25, 0.3) is 0 Å². The summed E-state index contributed by atoms with van der Waals surface area (Å²) < 4.78 is 4.72. The number of hydrogen-bond donors (Lipinski definition) is 3. The second kappa shape index (κ2) is 6.41. The predicted molar refractivity (Wildman–Crippen MR) is 58.6 cm³/mol. The van der Waals surface area contributed by atoms with Crippen molar-refractivity contribution in [1.82, 2.24) is 10.2 Å². The fourth-order valence-corrected chi connectivity index (χ4v) is 1.87. The maximum absolute atomic E-state index is 11.8. The van der Waals surface area contributed by atoms with Crippen molar-refractivity contribution in [3.63, 3.8) is 0 Å². The molecule has 2 unspecified atom stereocenters. The lowest BCUT2D eigenvalue weighted by molar-refractivity contribution is -0.140. The SMILES string of the molecule is COCC(NC(=O)N1CCCC1CO)C(=O)O. The van der Waals surface area contributed by atoms with E-state index in [1.807, 2.05) is 0 Å². The molecule has 2 atom stereocenters. The minimum atomic E-state index is -1.14. The number of methoxy groups -OCH3 is 1. The van der Waals surface area contributed by atoms with E-state index in [1.165, 1.54) is 12.0 Å². The Morgan fingerprint density at radius 2 is 2.29 bits per heavy atom. The number of carbonyl (C=O) groups excluding carboxylic acids is 1. The van der Waals surface area contributed by atoms with Crippen LogP contribution in [0.3, 0.4) is 0 Å². The van der Waals surface area contributed by atoms with Crippen molar-refractivity contribution >= 4 is 12.0 Å². The van der Waals surface area contributed by atoms with Crippen molar-refractivity contribution in [2.24, 2.45) is 0 Å². The van der Waals surface area contributed by atoms with Gasteiger partial charge >= 0.3 is 12.0 Å². The molecule has 0 bridgehead atoms. The molecule has 17 heavy (non-hydrogen) atoms. The summed E-state index contributed by atoms with van der Waals surface area (Å²) in [5, 5.41) is 20.3. The molecule has 0 aromatic carbocycles. The number of carboxylic acids is 1. The second-order valence-corrected chi connectivity index (χ2v) is 3.97. The van der Waals surface area contributed by atoms with E-state index in [2.05, 4.69) is 5.32 Å². The summed E-state index contributed by atoms with van der Waals surface area (Å²) in [7, 11) is 1.37. The summed E-state index contributed by atoms with van der Waals surface area (Å²) in [5.41, 5.74) is 0. The van der Waals surface area contributed by atoms with Gasteiger partial charge in [0.05, 0.1) is 19.3 Å². The quantitative estimate of drug-likeness (QED) is 0.593. The Bertz CT molecular complexity index is 284. The summed E-state index contributed by atoms with van der Waals surface area (Å²) in [5.74, 6) is -1.14. The Hall–Kier alpha value is -1.34.